The van der Waals surface area contributed by atoms with Crippen LogP contribution in [0.3, 0.4) is 0 Å². The monoisotopic (exact) mass is 265 g/mol. The molecular formula is C15H20FNO2. The van der Waals surface area contributed by atoms with Gasteiger partial charge in [-0.25, -0.2) is 4.39 Å². The first kappa shape index (κ1) is 14.0. The summed E-state index contributed by atoms with van der Waals surface area (Å²) >= 11 is 0. The predicted octanol–water partition coefficient (Wildman–Crippen LogP) is 2.52. The fourth-order valence-corrected chi connectivity index (χ4v) is 2.61. The number of rotatable bonds is 3. The second-order valence-corrected chi connectivity index (χ2v) is 5.17. The van der Waals surface area contributed by atoms with Crippen molar-refractivity contribution in [2.75, 3.05) is 20.2 Å². The summed E-state index contributed by atoms with van der Waals surface area (Å²) in [5.74, 6) is -0.393. The normalized spacial score (nSPS) is 20.3. The van der Waals surface area contributed by atoms with Crippen LogP contribution in [0.2, 0.25) is 0 Å². The van der Waals surface area contributed by atoms with Gasteiger partial charge >= 0.3 is 5.97 Å². The van der Waals surface area contributed by atoms with Gasteiger partial charge in [0.2, 0.25) is 0 Å². The standard InChI is InChI=1S/C15H20FNO2/c1-11-5-6-14(16)8-13(11)10-17-7-3-4-12(9-17)15(18)19-2/h5-6,8,12H,3-4,7,9-10H2,1-2H3/t12-/m0/s1. The van der Waals surface area contributed by atoms with E-state index in [0.29, 0.717) is 13.1 Å². The number of esters is 1. The first-order valence-corrected chi connectivity index (χ1v) is 6.65. The Morgan fingerprint density at radius 2 is 2.32 bits per heavy atom. The summed E-state index contributed by atoms with van der Waals surface area (Å²) in [5, 5.41) is 0. The molecule has 1 aromatic carbocycles. The van der Waals surface area contributed by atoms with Gasteiger partial charge in [-0.05, 0) is 49.6 Å². The molecule has 19 heavy (non-hydrogen) atoms. The van der Waals surface area contributed by atoms with Crippen LogP contribution in [0.25, 0.3) is 0 Å². The van der Waals surface area contributed by atoms with Gasteiger partial charge in [-0.15, -0.1) is 0 Å². The SMILES string of the molecule is COC(=O)[C@H]1CCCN(Cc2cc(F)ccc2C)C1. The van der Waals surface area contributed by atoms with Gasteiger partial charge in [0, 0.05) is 13.1 Å². The van der Waals surface area contributed by atoms with Crippen LogP contribution in [-0.2, 0) is 16.1 Å². The molecule has 1 saturated heterocycles. The van der Waals surface area contributed by atoms with Gasteiger partial charge < -0.3 is 4.74 Å². The van der Waals surface area contributed by atoms with E-state index in [1.165, 1.54) is 13.2 Å². The minimum atomic E-state index is -0.206. The number of carbonyl (C=O) groups is 1. The summed E-state index contributed by atoms with van der Waals surface area (Å²) in [6, 6.07) is 4.86. The van der Waals surface area contributed by atoms with Crippen LogP contribution >= 0.6 is 0 Å². The van der Waals surface area contributed by atoms with Gasteiger partial charge in [-0.1, -0.05) is 6.07 Å². The molecular weight excluding hydrogens is 245 g/mol. The van der Waals surface area contributed by atoms with E-state index in [2.05, 4.69) is 4.90 Å². The highest BCUT2D eigenvalue weighted by molar-refractivity contribution is 5.72. The van der Waals surface area contributed by atoms with E-state index in [1.807, 2.05) is 6.92 Å². The van der Waals surface area contributed by atoms with E-state index in [9.17, 15) is 9.18 Å². The first-order chi connectivity index (χ1) is 9.10. The molecule has 1 aromatic rings. The molecule has 0 amide bonds. The summed E-state index contributed by atoms with van der Waals surface area (Å²) < 4.78 is 18.1. The average Bonchev–Trinajstić information content (AvgIpc) is 2.42. The average molecular weight is 265 g/mol. The summed E-state index contributed by atoms with van der Waals surface area (Å²) in [7, 11) is 1.43. The van der Waals surface area contributed by atoms with Gasteiger partial charge in [0.05, 0.1) is 13.0 Å². The molecule has 1 heterocycles. The zero-order valence-corrected chi connectivity index (χ0v) is 11.5. The minimum absolute atomic E-state index is 0.0485. The van der Waals surface area contributed by atoms with Gasteiger partial charge in [-0.3, -0.25) is 9.69 Å². The highest BCUT2D eigenvalue weighted by Crippen LogP contribution is 2.21. The Hall–Kier alpha value is -1.42. The zero-order chi connectivity index (χ0) is 13.8. The number of hydrogen-bond acceptors (Lipinski definition) is 3. The largest absolute Gasteiger partial charge is 0.469 e. The van der Waals surface area contributed by atoms with Crippen molar-refractivity contribution in [1.29, 1.82) is 0 Å². The number of ether oxygens (including phenoxy) is 1. The van der Waals surface area contributed by atoms with Crippen LogP contribution in [0.4, 0.5) is 4.39 Å². The maximum atomic E-state index is 13.3. The second kappa shape index (κ2) is 6.15. The summed E-state index contributed by atoms with van der Waals surface area (Å²) in [4.78, 5) is 13.8. The molecule has 0 aliphatic carbocycles. The van der Waals surface area contributed by atoms with Crippen LogP contribution in [-0.4, -0.2) is 31.1 Å². The van der Waals surface area contributed by atoms with Crippen LogP contribution in [0, 0.1) is 18.7 Å². The van der Waals surface area contributed by atoms with Crippen LogP contribution < -0.4 is 0 Å². The Morgan fingerprint density at radius 1 is 1.53 bits per heavy atom. The van der Waals surface area contributed by atoms with Crippen molar-refractivity contribution in [2.45, 2.75) is 26.3 Å². The van der Waals surface area contributed by atoms with Crippen LogP contribution in [0.5, 0.6) is 0 Å². The third kappa shape index (κ3) is 3.53. The molecule has 0 saturated carbocycles. The lowest BCUT2D eigenvalue weighted by Crippen LogP contribution is -2.38. The van der Waals surface area contributed by atoms with E-state index >= 15 is 0 Å². The quantitative estimate of drug-likeness (QED) is 0.787. The lowest BCUT2D eigenvalue weighted by Gasteiger charge is -2.31. The smallest absolute Gasteiger partial charge is 0.309 e. The van der Waals surface area contributed by atoms with Crippen molar-refractivity contribution in [2.24, 2.45) is 5.92 Å². The number of nitrogens with zero attached hydrogens (tertiary/aromatic N) is 1. The van der Waals surface area contributed by atoms with Crippen LogP contribution in [0.15, 0.2) is 18.2 Å². The van der Waals surface area contributed by atoms with Crippen molar-refractivity contribution in [3.05, 3.63) is 35.1 Å². The molecule has 0 spiro atoms. The Bertz CT molecular complexity index is 461. The molecule has 4 heteroatoms. The summed E-state index contributed by atoms with van der Waals surface area (Å²) in [6.07, 6.45) is 1.86. The van der Waals surface area contributed by atoms with E-state index in [4.69, 9.17) is 4.74 Å². The van der Waals surface area contributed by atoms with Gasteiger partial charge in [0.1, 0.15) is 5.82 Å². The molecule has 1 aliphatic rings. The highest BCUT2D eigenvalue weighted by Gasteiger charge is 2.26. The predicted molar refractivity (Wildman–Crippen MR) is 71.2 cm³/mol. The molecule has 0 unspecified atom stereocenters. The zero-order valence-electron chi connectivity index (χ0n) is 11.5. The third-order valence-corrected chi connectivity index (χ3v) is 3.75. The third-order valence-electron chi connectivity index (χ3n) is 3.75. The van der Waals surface area contributed by atoms with Crippen molar-refractivity contribution >= 4 is 5.97 Å². The molecule has 2 rings (SSSR count). The number of carbonyl (C=O) groups excluding carboxylic acids is 1. The van der Waals surface area contributed by atoms with Gasteiger partial charge in [0.15, 0.2) is 0 Å². The number of piperidine rings is 1. The lowest BCUT2D eigenvalue weighted by molar-refractivity contribution is -0.147. The maximum Gasteiger partial charge on any atom is 0.309 e. The molecule has 1 fully saturated rings. The van der Waals surface area contributed by atoms with Crippen LogP contribution in [0.1, 0.15) is 24.0 Å². The molecule has 0 aromatic heterocycles. The topological polar surface area (TPSA) is 29.5 Å². The molecule has 1 atom stereocenters. The van der Waals surface area contributed by atoms with Crippen molar-refractivity contribution in [3.63, 3.8) is 0 Å². The fraction of sp³-hybridized carbons (Fsp3) is 0.533. The lowest BCUT2D eigenvalue weighted by atomic mass is 9.97. The maximum absolute atomic E-state index is 13.3. The van der Waals surface area contributed by atoms with E-state index in [-0.39, 0.29) is 17.7 Å². The summed E-state index contributed by atoms with van der Waals surface area (Å²) in [5.41, 5.74) is 2.08. The van der Waals surface area contributed by atoms with E-state index in [0.717, 1.165) is 30.5 Å². The number of likely N-dealkylation sites (tertiary alicyclic amines) is 1. The number of halogens is 1. The van der Waals surface area contributed by atoms with Crippen molar-refractivity contribution < 1.29 is 13.9 Å². The number of benzene rings is 1. The molecule has 3 nitrogen and oxygen atoms in total. The molecule has 0 N–H and O–H groups in total. The Morgan fingerprint density at radius 3 is 3.05 bits per heavy atom. The van der Waals surface area contributed by atoms with Gasteiger partial charge in [0.25, 0.3) is 0 Å². The number of methoxy groups -OCH3 is 1. The molecule has 104 valence electrons. The van der Waals surface area contributed by atoms with Crippen molar-refractivity contribution in [3.8, 4) is 0 Å². The van der Waals surface area contributed by atoms with Crippen molar-refractivity contribution in [1.82, 2.24) is 4.90 Å². The summed E-state index contributed by atoms with van der Waals surface area (Å²) in [6.45, 7) is 4.32. The Labute approximate surface area is 113 Å². The highest BCUT2D eigenvalue weighted by atomic mass is 19.1. The van der Waals surface area contributed by atoms with E-state index < -0.39 is 0 Å². The fourth-order valence-electron chi connectivity index (χ4n) is 2.61. The first-order valence-electron chi connectivity index (χ1n) is 6.65. The number of aryl methyl sites for hydroxylation is 1. The molecule has 0 radical (unpaired) electrons. The second-order valence-electron chi connectivity index (χ2n) is 5.17. The molecule has 1 aliphatic heterocycles. The minimum Gasteiger partial charge on any atom is -0.469 e. The van der Waals surface area contributed by atoms with E-state index in [1.54, 1.807) is 12.1 Å². The molecule has 0 bridgehead atoms. The number of hydrogen-bond donors (Lipinski definition) is 0. The van der Waals surface area contributed by atoms with Gasteiger partial charge in [-0.2, -0.15) is 0 Å². The Balaban J connectivity index is 2.02. The Kier molecular flexibility index (Phi) is 4.53.